The number of nitrogens with zero attached hydrogens (tertiary/aromatic N) is 1. The fourth-order valence-corrected chi connectivity index (χ4v) is 4.65. The molecule has 20 heavy (non-hydrogen) atoms. The van der Waals surface area contributed by atoms with Gasteiger partial charge in [-0.25, -0.2) is 8.42 Å². The average Bonchev–Trinajstić information content (AvgIpc) is 2.41. The van der Waals surface area contributed by atoms with Crippen LogP contribution in [-0.4, -0.2) is 31.9 Å². The van der Waals surface area contributed by atoms with Gasteiger partial charge in [-0.1, -0.05) is 29.3 Å². The highest BCUT2D eigenvalue weighted by Gasteiger charge is 2.32. The topological polar surface area (TPSA) is 63.4 Å². The Kier molecular flexibility index (Phi) is 4.97. The lowest BCUT2D eigenvalue weighted by atomic mass is 9.92. The molecule has 112 valence electrons. The summed E-state index contributed by atoms with van der Waals surface area (Å²) in [6, 6.07) is 4.79. The number of halogens is 2. The van der Waals surface area contributed by atoms with E-state index in [1.807, 2.05) is 0 Å². The molecule has 2 rings (SSSR count). The summed E-state index contributed by atoms with van der Waals surface area (Å²) in [6.45, 7) is 0. The second-order valence-electron chi connectivity index (χ2n) is 5.14. The summed E-state index contributed by atoms with van der Waals surface area (Å²) in [4.78, 5) is 0.0593. The van der Waals surface area contributed by atoms with Crippen molar-refractivity contribution in [3.63, 3.8) is 0 Å². The van der Waals surface area contributed by atoms with E-state index in [1.165, 1.54) is 10.4 Å². The minimum absolute atomic E-state index is 0.0325. The van der Waals surface area contributed by atoms with Gasteiger partial charge in [0.05, 0.1) is 10.0 Å². The van der Waals surface area contributed by atoms with E-state index in [4.69, 9.17) is 28.9 Å². The summed E-state index contributed by atoms with van der Waals surface area (Å²) in [6.07, 6.45) is 3.23. The number of hydrogen-bond donors (Lipinski definition) is 1. The lowest BCUT2D eigenvalue weighted by Gasteiger charge is -2.32. The van der Waals surface area contributed by atoms with Gasteiger partial charge in [0.25, 0.3) is 0 Å². The molecule has 4 nitrogen and oxygen atoms in total. The predicted octanol–water partition coefficient (Wildman–Crippen LogP) is 2.88. The van der Waals surface area contributed by atoms with E-state index in [1.54, 1.807) is 19.2 Å². The zero-order valence-electron chi connectivity index (χ0n) is 11.2. The highest BCUT2D eigenvalue weighted by Crippen LogP contribution is 2.33. The van der Waals surface area contributed by atoms with Gasteiger partial charge in [0, 0.05) is 19.1 Å². The van der Waals surface area contributed by atoms with Crippen molar-refractivity contribution >= 4 is 33.2 Å². The lowest BCUT2D eigenvalue weighted by molar-refractivity contribution is 0.268. The van der Waals surface area contributed by atoms with Crippen LogP contribution in [0.3, 0.4) is 0 Å². The van der Waals surface area contributed by atoms with Crippen molar-refractivity contribution in [3.8, 4) is 0 Å². The molecule has 2 N–H and O–H groups in total. The molecule has 0 spiro atoms. The van der Waals surface area contributed by atoms with Crippen LogP contribution in [0.2, 0.25) is 10.0 Å². The quantitative estimate of drug-likeness (QED) is 0.922. The van der Waals surface area contributed by atoms with Gasteiger partial charge in [-0.15, -0.1) is 0 Å². The fraction of sp³-hybridized carbons (Fsp3) is 0.538. The molecule has 0 aromatic heterocycles. The third-order valence-electron chi connectivity index (χ3n) is 3.83. The van der Waals surface area contributed by atoms with Crippen LogP contribution >= 0.6 is 23.2 Å². The Bertz CT molecular complexity index is 584. The molecule has 1 aromatic rings. The van der Waals surface area contributed by atoms with Gasteiger partial charge in [0.15, 0.2) is 0 Å². The van der Waals surface area contributed by atoms with E-state index in [0.717, 1.165) is 25.7 Å². The SMILES string of the molecule is CN(C1CCC(N)CC1)S(=O)(=O)c1cccc(Cl)c1Cl. The Balaban J connectivity index is 2.28. The maximum absolute atomic E-state index is 12.6. The summed E-state index contributed by atoms with van der Waals surface area (Å²) >= 11 is 11.9. The van der Waals surface area contributed by atoms with Crippen molar-refractivity contribution in [2.45, 2.75) is 42.7 Å². The predicted molar refractivity (Wildman–Crippen MR) is 81.6 cm³/mol. The van der Waals surface area contributed by atoms with E-state index >= 15 is 0 Å². The van der Waals surface area contributed by atoms with E-state index in [-0.39, 0.29) is 27.0 Å². The molecular weight excluding hydrogens is 319 g/mol. The van der Waals surface area contributed by atoms with Gasteiger partial charge < -0.3 is 5.73 Å². The standard InChI is InChI=1S/C13H18Cl2N2O2S/c1-17(10-7-5-9(16)6-8-10)20(18,19)12-4-2-3-11(14)13(12)15/h2-4,9-10H,5-8,16H2,1H3. The molecule has 0 radical (unpaired) electrons. The maximum Gasteiger partial charge on any atom is 0.244 e. The molecule has 7 heteroatoms. The van der Waals surface area contributed by atoms with Crippen LogP contribution in [0.25, 0.3) is 0 Å². The first kappa shape index (κ1) is 16.0. The van der Waals surface area contributed by atoms with Gasteiger partial charge in [-0.2, -0.15) is 4.31 Å². The molecule has 0 saturated heterocycles. The summed E-state index contributed by atoms with van der Waals surface area (Å²) in [5.41, 5.74) is 5.85. The smallest absolute Gasteiger partial charge is 0.244 e. The first-order chi connectivity index (χ1) is 9.34. The van der Waals surface area contributed by atoms with Crippen LogP contribution in [0.15, 0.2) is 23.1 Å². The number of hydrogen-bond acceptors (Lipinski definition) is 3. The zero-order chi connectivity index (χ0) is 14.9. The molecule has 0 heterocycles. The number of sulfonamides is 1. The molecule has 0 amide bonds. The van der Waals surface area contributed by atoms with Gasteiger partial charge in [0.1, 0.15) is 4.90 Å². The van der Waals surface area contributed by atoms with Crippen molar-refractivity contribution in [1.82, 2.24) is 4.31 Å². The molecular formula is C13H18Cl2N2O2S. The summed E-state index contributed by atoms with van der Waals surface area (Å²) in [7, 11) is -2.04. The monoisotopic (exact) mass is 336 g/mol. The van der Waals surface area contributed by atoms with Crippen molar-refractivity contribution in [2.75, 3.05) is 7.05 Å². The van der Waals surface area contributed by atoms with Crippen molar-refractivity contribution < 1.29 is 8.42 Å². The van der Waals surface area contributed by atoms with E-state index in [9.17, 15) is 8.42 Å². The van der Waals surface area contributed by atoms with Crippen LogP contribution < -0.4 is 5.73 Å². The first-order valence-electron chi connectivity index (χ1n) is 6.51. The van der Waals surface area contributed by atoms with Gasteiger partial charge in [-0.3, -0.25) is 0 Å². The molecule has 1 aromatic carbocycles. The van der Waals surface area contributed by atoms with Crippen molar-refractivity contribution in [2.24, 2.45) is 5.73 Å². The van der Waals surface area contributed by atoms with Crippen LogP contribution in [0.1, 0.15) is 25.7 Å². The molecule has 0 bridgehead atoms. The van der Waals surface area contributed by atoms with E-state index < -0.39 is 10.0 Å². The number of nitrogens with two attached hydrogens (primary N) is 1. The Morgan fingerprint density at radius 1 is 1.20 bits per heavy atom. The summed E-state index contributed by atoms with van der Waals surface area (Å²) in [5.74, 6) is 0. The van der Waals surface area contributed by atoms with Crippen LogP contribution in [0.5, 0.6) is 0 Å². The van der Waals surface area contributed by atoms with Gasteiger partial charge in [-0.05, 0) is 37.8 Å². The van der Waals surface area contributed by atoms with Crippen molar-refractivity contribution in [1.29, 1.82) is 0 Å². The van der Waals surface area contributed by atoms with E-state index in [2.05, 4.69) is 0 Å². The summed E-state index contributed by atoms with van der Waals surface area (Å²) in [5, 5.41) is 0.320. The Morgan fingerprint density at radius 2 is 1.80 bits per heavy atom. The van der Waals surface area contributed by atoms with Crippen molar-refractivity contribution in [3.05, 3.63) is 28.2 Å². The Labute approximate surface area is 129 Å². The number of benzene rings is 1. The first-order valence-corrected chi connectivity index (χ1v) is 8.71. The lowest BCUT2D eigenvalue weighted by Crippen LogP contribution is -2.41. The van der Waals surface area contributed by atoms with Gasteiger partial charge in [0.2, 0.25) is 10.0 Å². The van der Waals surface area contributed by atoms with Crippen LogP contribution in [0, 0.1) is 0 Å². The summed E-state index contributed by atoms with van der Waals surface area (Å²) < 4.78 is 26.7. The third kappa shape index (κ3) is 3.12. The molecule has 1 fully saturated rings. The molecule has 1 aliphatic rings. The van der Waals surface area contributed by atoms with Crippen LogP contribution in [0.4, 0.5) is 0 Å². The molecule has 0 unspecified atom stereocenters. The third-order valence-corrected chi connectivity index (χ3v) is 6.71. The fourth-order valence-electron chi connectivity index (χ4n) is 2.50. The minimum atomic E-state index is -3.63. The normalized spacial score (nSPS) is 24.1. The van der Waals surface area contributed by atoms with Crippen LogP contribution in [-0.2, 0) is 10.0 Å². The Morgan fingerprint density at radius 3 is 2.40 bits per heavy atom. The minimum Gasteiger partial charge on any atom is -0.328 e. The Hall–Kier alpha value is -0.330. The largest absolute Gasteiger partial charge is 0.328 e. The number of rotatable bonds is 3. The molecule has 0 atom stereocenters. The molecule has 1 saturated carbocycles. The maximum atomic E-state index is 12.6. The highest BCUT2D eigenvalue weighted by molar-refractivity contribution is 7.89. The zero-order valence-corrected chi connectivity index (χ0v) is 13.5. The van der Waals surface area contributed by atoms with E-state index in [0.29, 0.717) is 0 Å². The molecule has 0 aliphatic heterocycles. The second kappa shape index (κ2) is 6.20. The average molecular weight is 337 g/mol. The highest BCUT2D eigenvalue weighted by atomic mass is 35.5. The van der Waals surface area contributed by atoms with Gasteiger partial charge >= 0.3 is 0 Å². The second-order valence-corrected chi connectivity index (χ2v) is 7.89. The molecule has 1 aliphatic carbocycles.